The van der Waals surface area contributed by atoms with E-state index in [-0.39, 0.29) is 0 Å². The van der Waals surface area contributed by atoms with Crippen LogP contribution in [0.2, 0.25) is 0 Å². The molecule has 3 aromatic heterocycles. The minimum absolute atomic E-state index is 0.388. The Balaban J connectivity index is 1.71. The van der Waals surface area contributed by atoms with Crippen LogP contribution in [-0.2, 0) is 0 Å². The van der Waals surface area contributed by atoms with E-state index >= 15 is 0 Å². The molecule has 0 atom stereocenters. The molecule has 26 heavy (non-hydrogen) atoms. The van der Waals surface area contributed by atoms with E-state index in [4.69, 9.17) is 10.2 Å². The van der Waals surface area contributed by atoms with Gasteiger partial charge < -0.3 is 10.2 Å². The molecule has 5 nitrogen and oxygen atoms in total. The molecule has 2 N–H and O–H groups in total. The predicted octanol–water partition coefficient (Wildman–Crippen LogP) is 4.69. The lowest BCUT2D eigenvalue weighted by Gasteiger charge is -2.08. The van der Waals surface area contributed by atoms with Crippen LogP contribution >= 0.6 is 0 Å². The highest BCUT2D eigenvalue weighted by atomic mass is 16.3. The van der Waals surface area contributed by atoms with Gasteiger partial charge in [-0.2, -0.15) is 0 Å². The number of hydrogen-bond acceptors (Lipinski definition) is 5. The summed E-state index contributed by atoms with van der Waals surface area (Å²) in [4.78, 5) is 13.3. The van der Waals surface area contributed by atoms with Gasteiger partial charge in [-0.3, -0.25) is 4.98 Å². The molecule has 0 spiro atoms. The Morgan fingerprint density at radius 1 is 0.808 bits per heavy atom. The molecule has 0 amide bonds. The molecule has 0 unspecified atom stereocenters. The maximum atomic E-state index is 6.11. The van der Waals surface area contributed by atoms with Crippen molar-refractivity contribution in [2.24, 2.45) is 0 Å². The summed E-state index contributed by atoms with van der Waals surface area (Å²) >= 11 is 0. The molecular weight excluding hydrogens is 324 g/mol. The van der Waals surface area contributed by atoms with Gasteiger partial charge in [-0.25, -0.2) is 9.97 Å². The van der Waals surface area contributed by atoms with Crippen molar-refractivity contribution in [3.05, 3.63) is 73.1 Å². The van der Waals surface area contributed by atoms with Gasteiger partial charge in [0, 0.05) is 23.3 Å². The van der Waals surface area contributed by atoms with Gasteiger partial charge in [-0.15, -0.1) is 0 Å². The maximum absolute atomic E-state index is 6.11. The largest absolute Gasteiger partial charge is 0.436 e. The Hall–Kier alpha value is -3.73. The molecule has 5 heteroatoms. The normalized spacial score (nSPS) is 11.2. The Morgan fingerprint density at radius 2 is 1.62 bits per heavy atom. The lowest BCUT2D eigenvalue weighted by molar-refractivity contribution is 0.620. The number of nitrogen functional groups attached to an aromatic ring is 1. The van der Waals surface area contributed by atoms with Crippen molar-refractivity contribution >= 4 is 27.8 Å². The molecule has 5 rings (SSSR count). The number of oxazole rings is 1. The van der Waals surface area contributed by atoms with Crippen molar-refractivity contribution in [2.45, 2.75) is 0 Å². The van der Waals surface area contributed by atoms with Gasteiger partial charge in [0.25, 0.3) is 0 Å². The van der Waals surface area contributed by atoms with Gasteiger partial charge in [0.05, 0.1) is 11.1 Å². The third-order valence-corrected chi connectivity index (χ3v) is 4.40. The fourth-order valence-corrected chi connectivity index (χ4v) is 3.13. The fraction of sp³-hybridized carbons (Fsp3) is 0. The van der Waals surface area contributed by atoms with Crippen LogP contribution in [0.5, 0.6) is 0 Å². The fourth-order valence-electron chi connectivity index (χ4n) is 3.13. The molecule has 0 aliphatic carbocycles. The number of benzene rings is 2. The van der Waals surface area contributed by atoms with Gasteiger partial charge in [0.15, 0.2) is 5.58 Å². The Labute approximate surface area is 149 Å². The highest BCUT2D eigenvalue weighted by Crippen LogP contribution is 2.33. The van der Waals surface area contributed by atoms with Crippen LogP contribution in [0.3, 0.4) is 0 Å². The molecule has 0 aliphatic heterocycles. The number of aromatic nitrogens is 3. The number of nitrogens with zero attached hydrogens (tertiary/aromatic N) is 3. The highest BCUT2D eigenvalue weighted by Gasteiger charge is 2.14. The molecule has 0 saturated carbocycles. The van der Waals surface area contributed by atoms with Crippen molar-refractivity contribution < 1.29 is 4.42 Å². The summed E-state index contributed by atoms with van der Waals surface area (Å²) in [5.74, 6) is 0.857. The van der Waals surface area contributed by atoms with Gasteiger partial charge in [-0.1, -0.05) is 30.3 Å². The van der Waals surface area contributed by atoms with Crippen LogP contribution in [0.15, 0.2) is 77.5 Å². The summed E-state index contributed by atoms with van der Waals surface area (Å²) in [5, 5.41) is 1.06. The SMILES string of the molecule is Nc1ncc(-c2ccnc3ccccc23)cc1-c1nc2ccccc2o1. The first-order chi connectivity index (χ1) is 12.8. The summed E-state index contributed by atoms with van der Waals surface area (Å²) in [7, 11) is 0. The lowest BCUT2D eigenvalue weighted by atomic mass is 10.0. The molecule has 124 valence electrons. The number of para-hydroxylation sites is 3. The molecule has 3 heterocycles. The first kappa shape index (κ1) is 14.6. The Morgan fingerprint density at radius 3 is 2.50 bits per heavy atom. The van der Waals surface area contributed by atoms with Crippen LogP contribution in [0.1, 0.15) is 0 Å². The molecule has 0 radical (unpaired) electrons. The van der Waals surface area contributed by atoms with Gasteiger partial charge >= 0.3 is 0 Å². The monoisotopic (exact) mass is 338 g/mol. The molecule has 0 fully saturated rings. The minimum Gasteiger partial charge on any atom is -0.436 e. The smallest absolute Gasteiger partial charge is 0.231 e. The second-order valence-electron chi connectivity index (χ2n) is 6.02. The highest BCUT2D eigenvalue weighted by molar-refractivity contribution is 5.95. The number of anilines is 1. The standard InChI is InChI=1S/C21H14N4O/c22-20-16(21-25-18-7-3-4-8-19(18)26-21)11-13(12-24-20)14-9-10-23-17-6-2-1-5-15(14)17/h1-12H,(H2,22,24). The molecule has 0 bridgehead atoms. The second kappa shape index (κ2) is 5.67. The van der Waals surface area contributed by atoms with Crippen LogP contribution in [0.4, 0.5) is 5.82 Å². The van der Waals surface area contributed by atoms with Crippen LogP contribution < -0.4 is 5.73 Å². The van der Waals surface area contributed by atoms with Crippen molar-refractivity contribution in [1.82, 2.24) is 15.0 Å². The lowest BCUT2D eigenvalue weighted by Crippen LogP contribution is -1.95. The third-order valence-electron chi connectivity index (χ3n) is 4.40. The van der Waals surface area contributed by atoms with E-state index in [0.29, 0.717) is 17.3 Å². The summed E-state index contributed by atoms with van der Waals surface area (Å²) in [6.07, 6.45) is 3.57. The van der Waals surface area contributed by atoms with E-state index in [0.717, 1.165) is 33.1 Å². The molecule has 5 aromatic rings. The predicted molar refractivity (Wildman–Crippen MR) is 102 cm³/mol. The topological polar surface area (TPSA) is 77.8 Å². The van der Waals surface area contributed by atoms with Crippen LogP contribution in [0.25, 0.3) is 44.6 Å². The minimum atomic E-state index is 0.388. The number of rotatable bonds is 2. The average Bonchev–Trinajstić information content (AvgIpc) is 3.12. The first-order valence-electron chi connectivity index (χ1n) is 8.25. The Kier molecular flexibility index (Phi) is 3.18. The van der Waals surface area contributed by atoms with Crippen LogP contribution in [0, 0.1) is 0 Å². The second-order valence-corrected chi connectivity index (χ2v) is 6.02. The summed E-state index contributed by atoms with van der Waals surface area (Å²) in [6, 6.07) is 19.6. The van der Waals surface area contributed by atoms with Gasteiger partial charge in [0.1, 0.15) is 11.3 Å². The maximum Gasteiger partial charge on any atom is 0.231 e. The van der Waals surface area contributed by atoms with Crippen molar-refractivity contribution in [1.29, 1.82) is 0 Å². The molecule has 0 saturated heterocycles. The molecule has 0 aliphatic rings. The molecule has 2 aromatic carbocycles. The zero-order valence-corrected chi connectivity index (χ0v) is 13.8. The van der Waals surface area contributed by atoms with E-state index in [1.165, 1.54) is 0 Å². The van der Waals surface area contributed by atoms with E-state index in [2.05, 4.69) is 15.0 Å². The number of fused-ring (bicyclic) bond motifs is 2. The number of pyridine rings is 2. The Bertz CT molecular complexity index is 1220. The molecular formula is C21H14N4O. The van der Waals surface area contributed by atoms with E-state index in [1.807, 2.05) is 60.7 Å². The summed E-state index contributed by atoms with van der Waals surface area (Å²) < 4.78 is 5.87. The quantitative estimate of drug-likeness (QED) is 0.505. The van der Waals surface area contributed by atoms with E-state index in [9.17, 15) is 0 Å². The van der Waals surface area contributed by atoms with Crippen molar-refractivity contribution in [3.8, 4) is 22.6 Å². The van der Waals surface area contributed by atoms with E-state index in [1.54, 1.807) is 12.4 Å². The zero-order chi connectivity index (χ0) is 17.5. The van der Waals surface area contributed by atoms with Crippen molar-refractivity contribution in [3.63, 3.8) is 0 Å². The number of nitrogens with two attached hydrogens (primary N) is 1. The number of hydrogen-bond donors (Lipinski definition) is 1. The first-order valence-corrected chi connectivity index (χ1v) is 8.25. The van der Waals surface area contributed by atoms with Gasteiger partial charge in [-0.05, 0) is 35.9 Å². The summed E-state index contributed by atoms with van der Waals surface area (Å²) in [6.45, 7) is 0. The average molecular weight is 338 g/mol. The summed E-state index contributed by atoms with van der Waals surface area (Å²) in [5.41, 5.74) is 11.2. The van der Waals surface area contributed by atoms with Crippen LogP contribution in [-0.4, -0.2) is 15.0 Å². The van der Waals surface area contributed by atoms with E-state index < -0.39 is 0 Å². The van der Waals surface area contributed by atoms with Crippen molar-refractivity contribution in [2.75, 3.05) is 5.73 Å². The third kappa shape index (κ3) is 2.29. The van der Waals surface area contributed by atoms with Gasteiger partial charge in [0.2, 0.25) is 5.89 Å². The zero-order valence-electron chi connectivity index (χ0n) is 13.8.